The summed E-state index contributed by atoms with van der Waals surface area (Å²) in [4.78, 5) is 11.5. The van der Waals surface area contributed by atoms with E-state index in [1.807, 2.05) is 18.2 Å². The second-order valence-electron chi connectivity index (χ2n) is 5.19. The first-order chi connectivity index (χ1) is 10.1. The first-order valence-corrected chi connectivity index (χ1v) is 7.48. The maximum atomic E-state index is 11.5. The van der Waals surface area contributed by atoms with Crippen LogP contribution in [0.5, 0.6) is 5.75 Å². The van der Waals surface area contributed by atoms with Gasteiger partial charge in [-0.25, -0.2) is 0 Å². The fraction of sp³-hybridized carbons (Fsp3) is 0.316. The van der Waals surface area contributed by atoms with E-state index < -0.39 is 0 Å². The minimum atomic E-state index is 0.106. The van der Waals surface area contributed by atoms with Gasteiger partial charge in [-0.15, -0.1) is 0 Å². The molecule has 2 aromatic rings. The van der Waals surface area contributed by atoms with E-state index in [9.17, 15) is 4.79 Å². The average Bonchev–Trinajstić information content (AvgIpc) is 2.52. The van der Waals surface area contributed by atoms with E-state index in [1.165, 1.54) is 11.1 Å². The number of benzene rings is 2. The molecule has 0 unspecified atom stereocenters. The standard InChI is InChI=1S/C19H22O2/c1-4-15-7-6-8-16(11-15)13-21-18-9-10-19(14(3)20)17(5-2)12-18/h6-12H,4-5,13H2,1-3H3. The van der Waals surface area contributed by atoms with Gasteiger partial charge < -0.3 is 4.74 Å². The lowest BCUT2D eigenvalue weighted by Gasteiger charge is -2.11. The van der Waals surface area contributed by atoms with Gasteiger partial charge in [-0.1, -0.05) is 38.1 Å². The van der Waals surface area contributed by atoms with Gasteiger partial charge in [0.2, 0.25) is 0 Å². The van der Waals surface area contributed by atoms with Crippen molar-refractivity contribution in [1.29, 1.82) is 0 Å². The SMILES string of the molecule is CCc1cccc(COc2ccc(C(C)=O)c(CC)c2)c1. The van der Waals surface area contributed by atoms with Gasteiger partial charge in [0.25, 0.3) is 0 Å². The molecule has 2 aromatic carbocycles. The highest BCUT2D eigenvalue weighted by molar-refractivity contribution is 5.95. The number of ketones is 1. The number of aryl methyl sites for hydroxylation is 2. The lowest BCUT2D eigenvalue weighted by molar-refractivity contribution is 0.101. The molecule has 0 aliphatic carbocycles. The summed E-state index contributed by atoms with van der Waals surface area (Å²) in [6.07, 6.45) is 1.86. The van der Waals surface area contributed by atoms with Gasteiger partial charge in [0.05, 0.1) is 0 Å². The molecule has 0 saturated carbocycles. The maximum absolute atomic E-state index is 11.5. The summed E-state index contributed by atoms with van der Waals surface area (Å²) in [5, 5.41) is 0. The molecule has 0 heterocycles. The summed E-state index contributed by atoms with van der Waals surface area (Å²) >= 11 is 0. The van der Waals surface area contributed by atoms with Gasteiger partial charge in [0, 0.05) is 5.56 Å². The van der Waals surface area contributed by atoms with Gasteiger partial charge in [0.15, 0.2) is 5.78 Å². The number of carbonyl (C=O) groups is 1. The molecular weight excluding hydrogens is 260 g/mol. The first-order valence-electron chi connectivity index (χ1n) is 7.48. The van der Waals surface area contributed by atoms with E-state index in [0.29, 0.717) is 6.61 Å². The zero-order valence-corrected chi connectivity index (χ0v) is 13.0. The van der Waals surface area contributed by atoms with Crippen LogP contribution in [-0.2, 0) is 19.4 Å². The Morgan fingerprint density at radius 3 is 2.43 bits per heavy atom. The van der Waals surface area contributed by atoms with Crippen molar-refractivity contribution in [1.82, 2.24) is 0 Å². The van der Waals surface area contributed by atoms with Crippen LogP contribution in [0.1, 0.15) is 47.8 Å². The van der Waals surface area contributed by atoms with Crippen LogP contribution in [0.2, 0.25) is 0 Å². The van der Waals surface area contributed by atoms with Gasteiger partial charge in [-0.3, -0.25) is 4.79 Å². The molecule has 0 radical (unpaired) electrons. The zero-order valence-electron chi connectivity index (χ0n) is 13.0. The van der Waals surface area contributed by atoms with Gasteiger partial charge in [0.1, 0.15) is 12.4 Å². The van der Waals surface area contributed by atoms with Crippen LogP contribution in [-0.4, -0.2) is 5.78 Å². The van der Waals surface area contributed by atoms with Crippen LogP contribution in [0.15, 0.2) is 42.5 Å². The number of rotatable bonds is 6. The predicted octanol–water partition coefficient (Wildman–Crippen LogP) is 4.59. The van der Waals surface area contributed by atoms with E-state index >= 15 is 0 Å². The van der Waals surface area contributed by atoms with Crippen LogP contribution in [0, 0.1) is 0 Å². The Morgan fingerprint density at radius 2 is 1.76 bits per heavy atom. The van der Waals surface area contributed by atoms with Crippen molar-refractivity contribution >= 4 is 5.78 Å². The average molecular weight is 282 g/mol. The van der Waals surface area contributed by atoms with E-state index in [2.05, 4.69) is 38.1 Å². The normalized spacial score (nSPS) is 10.4. The molecule has 0 aliphatic rings. The van der Waals surface area contributed by atoms with E-state index in [1.54, 1.807) is 6.92 Å². The van der Waals surface area contributed by atoms with Crippen molar-refractivity contribution in [2.24, 2.45) is 0 Å². The molecule has 0 N–H and O–H groups in total. The summed E-state index contributed by atoms with van der Waals surface area (Å²) in [5.74, 6) is 0.924. The Kier molecular flexibility index (Phi) is 5.15. The zero-order chi connectivity index (χ0) is 15.2. The summed E-state index contributed by atoms with van der Waals surface area (Å²) in [6.45, 7) is 6.35. The Morgan fingerprint density at radius 1 is 1.00 bits per heavy atom. The van der Waals surface area contributed by atoms with Crippen molar-refractivity contribution in [2.75, 3.05) is 0 Å². The summed E-state index contributed by atoms with van der Waals surface area (Å²) in [5.41, 5.74) is 4.32. The molecule has 0 amide bonds. The summed E-state index contributed by atoms with van der Waals surface area (Å²) < 4.78 is 5.86. The van der Waals surface area contributed by atoms with E-state index in [4.69, 9.17) is 4.74 Å². The van der Waals surface area contributed by atoms with E-state index in [0.717, 1.165) is 29.7 Å². The van der Waals surface area contributed by atoms with Crippen molar-refractivity contribution in [3.8, 4) is 5.75 Å². The molecule has 0 atom stereocenters. The molecular formula is C19H22O2. The van der Waals surface area contributed by atoms with Crippen molar-refractivity contribution in [3.05, 3.63) is 64.7 Å². The number of ether oxygens (including phenoxy) is 1. The molecule has 2 nitrogen and oxygen atoms in total. The van der Waals surface area contributed by atoms with Crippen LogP contribution >= 0.6 is 0 Å². The molecule has 0 fully saturated rings. The van der Waals surface area contributed by atoms with E-state index in [-0.39, 0.29) is 5.78 Å². The maximum Gasteiger partial charge on any atom is 0.160 e. The number of hydrogen-bond acceptors (Lipinski definition) is 2. The second-order valence-corrected chi connectivity index (χ2v) is 5.19. The molecule has 0 saturated heterocycles. The third kappa shape index (κ3) is 3.94. The highest BCUT2D eigenvalue weighted by Gasteiger charge is 2.07. The molecule has 110 valence electrons. The van der Waals surface area contributed by atoms with Crippen LogP contribution in [0.25, 0.3) is 0 Å². The number of hydrogen-bond donors (Lipinski definition) is 0. The summed E-state index contributed by atoms with van der Waals surface area (Å²) in [6, 6.07) is 14.1. The van der Waals surface area contributed by atoms with Crippen molar-refractivity contribution < 1.29 is 9.53 Å². The Hall–Kier alpha value is -2.09. The number of Topliss-reactive ketones (excluding diaryl/α,β-unsaturated/α-hetero) is 1. The highest BCUT2D eigenvalue weighted by atomic mass is 16.5. The fourth-order valence-electron chi connectivity index (χ4n) is 2.40. The van der Waals surface area contributed by atoms with Crippen LogP contribution in [0.3, 0.4) is 0 Å². The van der Waals surface area contributed by atoms with Crippen LogP contribution in [0.4, 0.5) is 0 Å². The topological polar surface area (TPSA) is 26.3 Å². The molecule has 2 heteroatoms. The molecule has 0 aliphatic heterocycles. The molecule has 0 bridgehead atoms. The highest BCUT2D eigenvalue weighted by Crippen LogP contribution is 2.20. The number of carbonyl (C=O) groups excluding carboxylic acids is 1. The van der Waals surface area contributed by atoms with Gasteiger partial charge in [-0.2, -0.15) is 0 Å². The minimum Gasteiger partial charge on any atom is -0.489 e. The molecule has 0 aromatic heterocycles. The quantitative estimate of drug-likeness (QED) is 0.724. The van der Waals surface area contributed by atoms with Crippen LogP contribution < -0.4 is 4.74 Å². The monoisotopic (exact) mass is 282 g/mol. The Balaban J connectivity index is 2.11. The summed E-state index contributed by atoms with van der Waals surface area (Å²) in [7, 11) is 0. The smallest absolute Gasteiger partial charge is 0.160 e. The Labute approximate surface area is 126 Å². The van der Waals surface area contributed by atoms with Crippen molar-refractivity contribution in [3.63, 3.8) is 0 Å². The molecule has 2 rings (SSSR count). The Bertz CT molecular complexity index is 629. The predicted molar refractivity (Wildman–Crippen MR) is 86.0 cm³/mol. The third-order valence-corrected chi connectivity index (χ3v) is 3.64. The first kappa shape index (κ1) is 15.3. The molecule has 0 spiro atoms. The van der Waals surface area contributed by atoms with Gasteiger partial charge in [-0.05, 0) is 54.7 Å². The lowest BCUT2D eigenvalue weighted by atomic mass is 10.0. The van der Waals surface area contributed by atoms with Gasteiger partial charge >= 0.3 is 0 Å². The third-order valence-electron chi connectivity index (χ3n) is 3.64. The minimum absolute atomic E-state index is 0.106. The van der Waals surface area contributed by atoms with Crippen molar-refractivity contribution in [2.45, 2.75) is 40.2 Å². The molecule has 21 heavy (non-hydrogen) atoms. The fourth-order valence-corrected chi connectivity index (χ4v) is 2.40. The lowest BCUT2D eigenvalue weighted by Crippen LogP contribution is -2.01. The largest absolute Gasteiger partial charge is 0.489 e. The second kappa shape index (κ2) is 7.07.